The quantitative estimate of drug-likeness (QED) is 0.657. The monoisotopic (exact) mass is 193 g/mol. The van der Waals surface area contributed by atoms with Gasteiger partial charge >= 0.3 is 0 Å². The summed E-state index contributed by atoms with van der Waals surface area (Å²) in [5.41, 5.74) is 5.43. The zero-order valence-corrected chi connectivity index (χ0v) is 8.54. The number of aliphatic hydroxyl groups excluding tert-OH is 1. The van der Waals surface area contributed by atoms with Crippen LogP contribution >= 0.6 is 19.8 Å². The van der Waals surface area contributed by atoms with Crippen molar-refractivity contribution in [1.29, 1.82) is 0 Å². The van der Waals surface area contributed by atoms with Crippen LogP contribution in [0, 0.1) is 5.92 Å². The largest absolute Gasteiger partial charge is 0.392 e. The third kappa shape index (κ3) is 2.32. The number of aliphatic hydroxyl groups is 1. The molecule has 0 amide bonds. The van der Waals surface area contributed by atoms with Gasteiger partial charge in [-0.05, 0) is 31.7 Å². The molecule has 4 atom stereocenters. The van der Waals surface area contributed by atoms with Crippen molar-refractivity contribution in [1.82, 2.24) is 0 Å². The SMILES string of the molecule is NCC[C@@H]1CCC(SP)[C@@H]1O. The smallest absolute Gasteiger partial charge is 0.0690 e. The Balaban J connectivity index is 2.35. The highest BCUT2D eigenvalue weighted by Gasteiger charge is 2.33. The first-order valence-corrected chi connectivity index (χ1v) is 6.39. The molecule has 3 N–H and O–H groups in total. The fourth-order valence-corrected chi connectivity index (χ4v) is 3.25. The lowest BCUT2D eigenvalue weighted by atomic mass is 10.0. The summed E-state index contributed by atoms with van der Waals surface area (Å²) in [5.74, 6) is 0.457. The van der Waals surface area contributed by atoms with Gasteiger partial charge in [-0.1, -0.05) is 8.44 Å². The summed E-state index contributed by atoms with van der Waals surface area (Å²) in [4.78, 5) is 0. The van der Waals surface area contributed by atoms with E-state index < -0.39 is 0 Å². The summed E-state index contributed by atoms with van der Waals surface area (Å²) in [5, 5.41) is 10.1. The van der Waals surface area contributed by atoms with Crippen LogP contribution in [0.5, 0.6) is 0 Å². The van der Waals surface area contributed by atoms with Crippen LogP contribution < -0.4 is 5.73 Å². The first kappa shape index (κ1) is 9.79. The maximum absolute atomic E-state index is 9.69. The highest BCUT2D eigenvalue weighted by Crippen LogP contribution is 2.38. The number of hydrogen-bond acceptors (Lipinski definition) is 3. The predicted octanol–water partition coefficient (Wildman–Crippen LogP) is 0.998. The molecule has 0 aliphatic heterocycles. The molecule has 0 radical (unpaired) electrons. The number of nitrogens with two attached hydrogens (primary N) is 1. The molecule has 0 saturated heterocycles. The molecule has 2 unspecified atom stereocenters. The summed E-state index contributed by atoms with van der Waals surface area (Å²) in [6, 6.07) is 0. The van der Waals surface area contributed by atoms with E-state index in [1.807, 2.05) is 0 Å². The lowest BCUT2D eigenvalue weighted by molar-refractivity contribution is 0.133. The van der Waals surface area contributed by atoms with Crippen LogP contribution in [-0.4, -0.2) is 23.0 Å². The van der Waals surface area contributed by atoms with Gasteiger partial charge in [0.15, 0.2) is 0 Å². The second kappa shape index (κ2) is 4.66. The van der Waals surface area contributed by atoms with E-state index in [0.717, 1.165) is 19.3 Å². The molecule has 1 aliphatic rings. The van der Waals surface area contributed by atoms with Crippen molar-refractivity contribution in [2.75, 3.05) is 6.54 Å². The van der Waals surface area contributed by atoms with Gasteiger partial charge in [0.25, 0.3) is 0 Å². The van der Waals surface area contributed by atoms with E-state index in [4.69, 9.17) is 5.73 Å². The zero-order chi connectivity index (χ0) is 8.27. The molecular weight excluding hydrogens is 177 g/mol. The van der Waals surface area contributed by atoms with E-state index in [-0.39, 0.29) is 6.10 Å². The van der Waals surface area contributed by atoms with Crippen molar-refractivity contribution in [3.8, 4) is 0 Å². The van der Waals surface area contributed by atoms with E-state index in [0.29, 0.717) is 17.7 Å². The molecule has 0 aromatic heterocycles. The molecular formula is C7H16NOPS. The topological polar surface area (TPSA) is 46.2 Å². The van der Waals surface area contributed by atoms with Gasteiger partial charge in [0.1, 0.15) is 0 Å². The second-order valence-electron chi connectivity index (χ2n) is 3.08. The Kier molecular flexibility index (Phi) is 4.14. The van der Waals surface area contributed by atoms with Gasteiger partial charge in [-0.15, -0.1) is 11.4 Å². The standard InChI is InChI=1S/C7H16NOPS/c8-4-3-5-1-2-6(11-10)7(5)9/h5-7,9H,1-4,8,10H2/t5-,6?,7+/m0/s1. The van der Waals surface area contributed by atoms with Crippen LogP contribution in [0.15, 0.2) is 0 Å². The second-order valence-corrected chi connectivity index (χ2v) is 4.77. The molecule has 1 saturated carbocycles. The maximum atomic E-state index is 9.69. The summed E-state index contributed by atoms with van der Waals surface area (Å²) >= 11 is 1.70. The van der Waals surface area contributed by atoms with Gasteiger partial charge < -0.3 is 10.8 Å². The zero-order valence-electron chi connectivity index (χ0n) is 6.57. The van der Waals surface area contributed by atoms with Crippen LogP contribution in [-0.2, 0) is 0 Å². The van der Waals surface area contributed by atoms with Crippen molar-refractivity contribution >= 4 is 19.8 Å². The molecule has 0 bridgehead atoms. The van der Waals surface area contributed by atoms with Crippen LogP contribution in [0.2, 0.25) is 0 Å². The van der Waals surface area contributed by atoms with E-state index in [2.05, 4.69) is 8.44 Å². The van der Waals surface area contributed by atoms with Crippen LogP contribution in [0.1, 0.15) is 19.3 Å². The van der Waals surface area contributed by atoms with Gasteiger partial charge in [-0.2, -0.15) is 0 Å². The molecule has 0 heterocycles. The molecule has 0 spiro atoms. The Bertz CT molecular complexity index is 125. The van der Waals surface area contributed by atoms with Gasteiger partial charge in [-0.25, -0.2) is 0 Å². The van der Waals surface area contributed by atoms with E-state index in [9.17, 15) is 5.11 Å². The minimum atomic E-state index is -0.124. The third-order valence-corrected chi connectivity index (χ3v) is 4.31. The summed E-state index contributed by atoms with van der Waals surface area (Å²) in [6.07, 6.45) is 3.13. The van der Waals surface area contributed by atoms with Crippen molar-refractivity contribution in [2.45, 2.75) is 30.6 Å². The Labute approximate surface area is 74.3 Å². The lowest BCUT2D eigenvalue weighted by Gasteiger charge is -2.16. The molecule has 0 aromatic carbocycles. The predicted molar refractivity (Wildman–Crippen MR) is 53.5 cm³/mol. The number of hydrogen-bond donors (Lipinski definition) is 2. The molecule has 1 rings (SSSR count). The molecule has 2 nitrogen and oxygen atoms in total. The van der Waals surface area contributed by atoms with Gasteiger partial charge in [0, 0.05) is 5.25 Å². The Morgan fingerprint density at radius 1 is 1.55 bits per heavy atom. The molecule has 1 aliphatic carbocycles. The van der Waals surface area contributed by atoms with Crippen LogP contribution in [0.3, 0.4) is 0 Å². The highest BCUT2D eigenvalue weighted by molar-refractivity contribution is 8.44. The molecule has 11 heavy (non-hydrogen) atoms. The van der Waals surface area contributed by atoms with Crippen molar-refractivity contribution in [2.24, 2.45) is 11.7 Å². The van der Waals surface area contributed by atoms with Crippen LogP contribution in [0.25, 0.3) is 0 Å². The summed E-state index contributed by atoms with van der Waals surface area (Å²) in [6.45, 7) is 0.704. The minimum Gasteiger partial charge on any atom is -0.392 e. The fourth-order valence-electron chi connectivity index (χ4n) is 1.70. The van der Waals surface area contributed by atoms with Gasteiger partial charge in [0.2, 0.25) is 0 Å². The fraction of sp³-hybridized carbons (Fsp3) is 1.00. The minimum absolute atomic E-state index is 0.124. The molecule has 66 valence electrons. The first-order chi connectivity index (χ1) is 5.29. The van der Waals surface area contributed by atoms with E-state index in [1.54, 1.807) is 11.4 Å². The van der Waals surface area contributed by atoms with Gasteiger partial charge in [0.05, 0.1) is 6.10 Å². The third-order valence-electron chi connectivity index (χ3n) is 2.40. The van der Waals surface area contributed by atoms with Gasteiger partial charge in [-0.3, -0.25) is 0 Å². The van der Waals surface area contributed by atoms with Crippen molar-refractivity contribution in [3.63, 3.8) is 0 Å². The van der Waals surface area contributed by atoms with E-state index >= 15 is 0 Å². The highest BCUT2D eigenvalue weighted by atomic mass is 32.7. The molecule has 1 fully saturated rings. The first-order valence-electron chi connectivity index (χ1n) is 4.03. The molecule has 4 heteroatoms. The van der Waals surface area contributed by atoms with Crippen molar-refractivity contribution in [3.05, 3.63) is 0 Å². The van der Waals surface area contributed by atoms with E-state index in [1.165, 1.54) is 0 Å². The van der Waals surface area contributed by atoms with Crippen molar-refractivity contribution < 1.29 is 5.11 Å². The average Bonchev–Trinajstić information content (AvgIpc) is 2.34. The maximum Gasteiger partial charge on any atom is 0.0690 e. The summed E-state index contributed by atoms with van der Waals surface area (Å²) in [7, 11) is 2.62. The molecule has 0 aromatic rings. The summed E-state index contributed by atoms with van der Waals surface area (Å²) < 4.78 is 0. The average molecular weight is 193 g/mol. The Morgan fingerprint density at radius 2 is 2.27 bits per heavy atom. The Hall–Kier alpha value is 0.700. The lowest BCUT2D eigenvalue weighted by Crippen LogP contribution is -2.23. The van der Waals surface area contributed by atoms with Crippen LogP contribution in [0.4, 0.5) is 0 Å². The normalized spacial score (nSPS) is 37.9. The Morgan fingerprint density at radius 3 is 2.73 bits per heavy atom. The number of rotatable bonds is 3.